The normalized spacial score (nSPS) is 14.1. The molecule has 0 aromatic heterocycles. The fraction of sp³-hybridized carbons (Fsp3) is 0.235. The van der Waals surface area contributed by atoms with Crippen LogP contribution in [0.4, 0.5) is 13.2 Å². The van der Waals surface area contributed by atoms with Crippen molar-refractivity contribution in [2.24, 2.45) is 0 Å². The minimum Gasteiger partial charge on any atom is -0.375 e. The van der Waals surface area contributed by atoms with Gasteiger partial charge in [-0.15, -0.1) is 0 Å². The first-order chi connectivity index (χ1) is 10.8. The summed E-state index contributed by atoms with van der Waals surface area (Å²) in [5, 5.41) is 12.3. The second-order valence-electron chi connectivity index (χ2n) is 5.22. The lowest BCUT2D eigenvalue weighted by atomic mass is 9.93. The first-order valence-corrected chi connectivity index (χ1v) is 6.94. The molecule has 0 aliphatic carbocycles. The molecule has 0 saturated heterocycles. The zero-order valence-electron chi connectivity index (χ0n) is 12.4. The van der Waals surface area contributed by atoms with E-state index in [0.29, 0.717) is 5.56 Å². The predicted molar refractivity (Wildman–Crippen MR) is 79.9 cm³/mol. The van der Waals surface area contributed by atoms with Gasteiger partial charge in [0.1, 0.15) is 0 Å². The Kier molecular flexibility index (Phi) is 4.75. The zero-order chi connectivity index (χ0) is 17.1. The molecule has 0 bridgehead atoms. The zero-order valence-corrected chi connectivity index (χ0v) is 12.4. The number of amides is 1. The Hall–Kier alpha value is -2.34. The lowest BCUT2D eigenvalue weighted by molar-refractivity contribution is -0.263. The van der Waals surface area contributed by atoms with Crippen LogP contribution in [0, 0.1) is 6.92 Å². The fourth-order valence-electron chi connectivity index (χ4n) is 2.21. The second kappa shape index (κ2) is 6.42. The number of hydrogen-bond donors (Lipinski definition) is 2. The van der Waals surface area contributed by atoms with Crippen LogP contribution in [-0.2, 0) is 5.60 Å². The average molecular weight is 323 g/mol. The van der Waals surface area contributed by atoms with Crippen molar-refractivity contribution in [2.75, 3.05) is 6.54 Å². The lowest BCUT2D eigenvalue weighted by Gasteiger charge is -2.31. The van der Waals surface area contributed by atoms with E-state index in [1.807, 2.05) is 0 Å². The molecule has 3 nitrogen and oxygen atoms in total. The standard InChI is InChI=1S/C17H16F3NO2/c1-12-7-5-6-10-14(12)15(22)21-11-16(23,17(18,19)20)13-8-3-2-4-9-13/h2-10,23H,11H2,1H3,(H,21,22)/t16-/m1/s1. The maximum atomic E-state index is 13.3. The van der Waals surface area contributed by atoms with Crippen LogP contribution in [0.2, 0.25) is 0 Å². The maximum absolute atomic E-state index is 13.3. The summed E-state index contributed by atoms with van der Waals surface area (Å²) in [7, 11) is 0. The molecular weight excluding hydrogens is 307 g/mol. The van der Waals surface area contributed by atoms with E-state index in [2.05, 4.69) is 5.32 Å². The van der Waals surface area contributed by atoms with Crippen molar-refractivity contribution in [1.82, 2.24) is 5.32 Å². The molecule has 0 heterocycles. The Balaban J connectivity index is 2.24. The molecule has 6 heteroatoms. The third-order valence-corrected chi connectivity index (χ3v) is 3.61. The molecule has 0 aliphatic heterocycles. The summed E-state index contributed by atoms with van der Waals surface area (Å²) in [5.74, 6) is -0.665. The largest absolute Gasteiger partial charge is 0.423 e. The first-order valence-electron chi connectivity index (χ1n) is 6.94. The van der Waals surface area contributed by atoms with Gasteiger partial charge in [0.15, 0.2) is 0 Å². The van der Waals surface area contributed by atoms with E-state index in [0.717, 1.165) is 0 Å². The van der Waals surface area contributed by atoms with E-state index < -0.39 is 24.2 Å². The third kappa shape index (κ3) is 3.53. The Morgan fingerprint density at radius 1 is 1.04 bits per heavy atom. The van der Waals surface area contributed by atoms with Crippen molar-refractivity contribution in [1.29, 1.82) is 0 Å². The predicted octanol–water partition coefficient (Wildman–Crippen LogP) is 3.17. The van der Waals surface area contributed by atoms with Crippen LogP contribution in [0.1, 0.15) is 21.5 Å². The highest BCUT2D eigenvalue weighted by Gasteiger charge is 2.55. The molecule has 0 unspecified atom stereocenters. The number of nitrogens with one attached hydrogen (secondary N) is 1. The molecule has 2 aromatic rings. The van der Waals surface area contributed by atoms with Gasteiger partial charge >= 0.3 is 6.18 Å². The molecule has 122 valence electrons. The molecule has 23 heavy (non-hydrogen) atoms. The highest BCUT2D eigenvalue weighted by atomic mass is 19.4. The fourth-order valence-corrected chi connectivity index (χ4v) is 2.21. The van der Waals surface area contributed by atoms with E-state index >= 15 is 0 Å². The molecule has 0 fully saturated rings. The van der Waals surface area contributed by atoms with Crippen LogP contribution >= 0.6 is 0 Å². The highest BCUT2D eigenvalue weighted by molar-refractivity contribution is 5.95. The Bertz CT molecular complexity index is 686. The highest BCUT2D eigenvalue weighted by Crippen LogP contribution is 2.38. The first kappa shape index (κ1) is 17.0. The van der Waals surface area contributed by atoms with Gasteiger partial charge in [-0.1, -0.05) is 48.5 Å². The van der Waals surface area contributed by atoms with E-state index in [1.54, 1.807) is 31.2 Å². The van der Waals surface area contributed by atoms with Gasteiger partial charge in [0.25, 0.3) is 5.91 Å². The molecule has 1 atom stereocenters. The van der Waals surface area contributed by atoms with Gasteiger partial charge in [-0.25, -0.2) is 0 Å². The number of alkyl halides is 3. The van der Waals surface area contributed by atoms with E-state index in [1.165, 1.54) is 30.3 Å². The van der Waals surface area contributed by atoms with Gasteiger partial charge < -0.3 is 10.4 Å². The average Bonchev–Trinajstić information content (AvgIpc) is 2.52. The van der Waals surface area contributed by atoms with Crippen molar-refractivity contribution >= 4 is 5.91 Å². The minimum atomic E-state index is -4.92. The molecule has 2 aromatic carbocycles. The summed E-state index contributed by atoms with van der Waals surface area (Å²) in [6.45, 7) is 0.718. The number of carbonyl (C=O) groups is 1. The Morgan fingerprint density at radius 2 is 1.61 bits per heavy atom. The van der Waals surface area contributed by atoms with Crippen molar-refractivity contribution in [3.63, 3.8) is 0 Å². The lowest BCUT2D eigenvalue weighted by Crippen LogP contribution is -2.51. The van der Waals surface area contributed by atoms with Crippen LogP contribution in [0.25, 0.3) is 0 Å². The summed E-state index contributed by atoms with van der Waals surface area (Å²) < 4.78 is 40.0. The number of halogens is 3. The molecule has 1 amide bonds. The third-order valence-electron chi connectivity index (χ3n) is 3.61. The second-order valence-corrected chi connectivity index (χ2v) is 5.22. The number of hydrogen-bond acceptors (Lipinski definition) is 2. The minimum absolute atomic E-state index is 0.269. The van der Waals surface area contributed by atoms with E-state index in [-0.39, 0.29) is 11.1 Å². The monoisotopic (exact) mass is 323 g/mol. The SMILES string of the molecule is Cc1ccccc1C(=O)NC[C@@](O)(c1ccccc1)C(F)(F)F. The van der Waals surface area contributed by atoms with Gasteiger partial charge in [-0.05, 0) is 24.1 Å². The molecule has 2 N–H and O–H groups in total. The van der Waals surface area contributed by atoms with Gasteiger partial charge in [0, 0.05) is 5.56 Å². The smallest absolute Gasteiger partial charge is 0.375 e. The summed E-state index contributed by atoms with van der Waals surface area (Å²) in [6, 6.07) is 13.2. The summed E-state index contributed by atoms with van der Waals surface area (Å²) >= 11 is 0. The topological polar surface area (TPSA) is 49.3 Å². The molecule has 0 saturated carbocycles. The van der Waals surface area contributed by atoms with Crippen molar-refractivity contribution in [2.45, 2.75) is 18.7 Å². The van der Waals surface area contributed by atoms with Gasteiger partial charge in [0.2, 0.25) is 5.60 Å². The van der Waals surface area contributed by atoms with E-state index in [9.17, 15) is 23.1 Å². The van der Waals surface area contributed by atoms with Gasteiger partial charge in [0.05, 0.1) is 6.54 Å². The van der Waals surface area contributed by atoms with Crippen molar-refractivity contribution in [3.05, 3.63) is 71.3 Å². The molecule has 0 radical (unpaired) electrons. The van der Waals surface area contributed by atoms with Crippen LogP contribution < -0.4 is 5.32 Å². The number of benzene rings is 2. The van der Waals surface area contributed by atoms with E-state index in [4.69, 9.17) is 0 Å². The van der Waals surface area contributed by atoms with Crippen molar-refractivity contribution in [3.8, 4) is 0 Å². The van der Waals surface area contributed by atoms with Crippen LogP contribution in [0.5, 0.6) is 0 Å². The van der Waals surface area contributed by atoms with Gasteiger partial charge in [-0.3, -0.25) is 4.79 Å². The quantitative estimate of drug-likeness (QED) is 0.908. The van der Waals surface area contributed by atoms with Crippen LogP contribution in [-0.4, -0.2) is 23.7 Å². The number of aryl methyl sites for hydroxylation is 1. The molecule has 0 spiro atoms. The summed E-state index contributed by atoms with van der Waals surface area (Å²) in [5.41, 5.74) is -2.56. The maximum Gasteiger partial charge on any atom is 0.423 e. The van der Waals surface area contributed by atoms with Crippen LogP contribution in [0.3, 0.4) is 0 Å². The Morgan fingerprint density at radius 3 is 2.17 bits per heavy atom. The molecule has 0 aliphatic rings. The number of carbonyl (C=O) groups excluding carboxylic acids is 1. The number of rotatable bonds is 4. The Labute approximate surface area is 131 Å². The number of aliphatic hydroxyl groups is 1. The van der Waals surface area contributed by atoms with Crippen molar-refractivity contribution < 1.29 is 23.1 Å². The molecular formula is C17H16F3NO2. The van der Waals surface area contributed by atoms with Gasteiger partial charge in [-0.2, -0.15) is 13.2 Å². The molecule has 2 rings (SSSR count). The summed E-state index contributed by atoms with van der Waals surface area (Å²) in [6.07, 6.45) is -4.92. The summed E-state index contributed by atoms with van der Waals surface area (Å²) in [4.78, 5) is 12.1. The van der Waals surface area contributed by atoms with Crippen LogP contribution in [0.15, 0.2) is 54.6 Å².